The summed E-state index contributed by atoms with van der Waals surface area (Å²) >= 11 is 0. The van der Waals surface area contributed by atoms with Crippen molar-refractivity contribution in [3.63, 3.8) is 0 Å². The van der Waals surface area contributed by atoms with Gasteiger partial charge in [-0.25, -0.2) is 0 Å². The SMILES string of the molecule is CC(C)[C@H](C(=O)N1CCCN(Cc2cccnc2)CC1)c1ccccc1. The zero-order valence-corrected chi connectivity index (χ0v) is 15.8. The molecule has 0 unspecified atom stereocenters. The highest BCUT2D eigenvalue weighted by atomic mass is 16.2. The van der Waals surface area contributed by atoms with Crippen LogP contribution in [0, 0.1) is 5.92 Å². The van der Waals surface area contributed by atoms with Crippen LogP contribution >= 0.6 is 0 Å². The number of hydrogen-bond acceptors (Lipinski definition) is 3. The first-order valence-corrected chi connectivity index (χ1v) is 9.60. The van der Waals surface area contributed by atoms with Gasteiger partial charge in [-0.3, -0.25) is 14.7 Å². The Kier molecular flexibility index (Phi) is 6.40. The number of aromatic nitrogens is 1. The highest BCUT2D eigenvalue weighted by Gasteiger charge is 2.29. The third-order valence-electron chi connectivity index (χ3n) is 5.12. The number of carbonyl (C=O) groups is 1. The molecule has 0 N–H and O–H groups in total. The lowest BCUT2D eigenvalue weighted by Gasteiger charge is -2.29. The van der Waals surface area contributed by atoms with Crippen LogP contribution in [0.1, 0.15) is 37.3 Å². The van der Waals surface area contributed by atoms with E-state index in [0.717, 1.165) is 44.7 Å². The molecule has 0 radical (unpaired) electrons. The lowest BCUT2D eigenvalue weighted by atomic mass is 9.87. The minimum absolute atomic E-state index is 0.0546. The monoisotopic (exact) mass is 351 g/mol. The molecule has 1 saturated heterocycles. The zero-order valence-electron chi connectivity index (χ0n) is 15.8. The fourth-order valence-electron chi connectivity index (χ4n) is 3.77. The van der Waals surface area contributed by atoms with Gasteiger partial charge in [0.15, 0.2) is 0 Å². The van der Waals surface area contributed by atoms with Gasteiger partial charge < -0.3 is 4.90 Å². The summed E-state index contributed by atoms with van der Waals surface area (Å²) in [4.78, 5) is 22.0. The maximum Gasteiger partial charge on any atom is 0.230 e. The third kappa shape index (κ3) is 4.70. The lowest BCUT2D eigenvalue weighted by Crippen LogP contribution is -2.39. The van der Waals surface area contributed by atoms with Gasteiger partial charge in [0.1, 0.15) is 0 Å². The number of nitrogens with zero attached hydrogens (tertiary/aromatic N) is 3. The number of pyridine rings is 1. The maximum atomic E-state index is 13.3. The molecule has 1 atom stereocenters. The van der Waals surface area contributed by atoms with Crippen molar-refractivity contribution in [3.8, 4) is 0 Å². The van der Waals surface area contributed by atoms with Crippen molar-refractivity contribution in [2.24, 2.45) is 5.92 Å². The molecule has 1 fully saturated rings. The Hall–Kier alpha value is -2.20. The smallest absolute Gasteiger partial charge is 0.230 e. The van der Waals surface area contributed by atoms with Crippen LogP contribution in [0.3, 0.4) is 0 Å². The fourth-order valence-corrected chi connectivity index (χ4v) is 3.77. The summed E-state index contributed by atoms with van der Waals surface area (Å²) in [7, 11) is 0. The predicted octanol–water partition coefficient (Wildman–Crippen LogP) is 3.56. The van der Waals surface area contributed by atoms with E-state index in [2.05, 4.69) is 46.8 Å². The van der Waals surface area contributed by atoms with Crippen molar-refractivity contribution >= 4 is 5.91 Å². The van der Waals surface area contributed by atoms with Crippen LogP contribution in [0.5, 0.6) is 0 Å². The van der Waals surface area contributed by atoms with Gasteiger partial charge in [0.25, 0.3) is 0 Å². The molecule has 0 bridgehead atoms. The molecule has 138 valence electrons. The minimum Gasteiger partial charge on any atom is -0.341 e. The van der Waals surface area contributed by atoms with Crippen LogP contribution in [0.2, 0.25) is 0 Å². The maximum absolute atomic E-state index is 13.3. The van der Waals surface area contributed by atoms with Gasteiger partial charge in [-0.1, -0.05) is 50.2 Å². The van der Waals surface area contributed by atoms with Gasteiger partial charge in [0.05, 0.1) is 5.92 Å². The average Bonchev–Trinajstić information content (AvgIpc) is 2.89. The van der Waals surface area contributed by atoms with E-state index >= 15 is 0 Å². The largest absolute Gasteiger partial charge is 0.341 e. The van der Waals surface area contributed by atoms with Gasteiger partial charge in [0, 0.05) is 45.1 Å². The molecule has 2 aromatic rings. The van der Waals surface area contributed by atoms with Gasteiger partial charge in [-0.15, -0.1) is 0 Å². The Balaban J connectivity index is 1.65. The topological polar surface area (TPSA) is 36.4 Å². The van der Waals surface area contributed by atoms with E-state index in [-0.39, 0.29) is 11.8 Å². The molecule has 1 aliphatic heterocycles. The molecule has 1 aromatic carbocycles. The first kappa shape index (κ1) is 18.6. The second-order valence-electron chi connectivity index (χ2n) is 7.45. The molecule has 3 rings (SSSR count). The molecule has 26 heavy (non-hydrogen) atoms. The molecule has 1 aromatic heterocycles. The van der Waals surface area contributed by atoms with E-state index in [4.69, 9.17) is 0 Å². The third-order valence-corrected chi connectivity index (χ3v) is 5.12. The number of rotatable bonds is 5. The quantitative estimate of drug-likeness (QED) is 0.826. The Morgan fingerprint density at radius 1 is 1.04 bits per heavy atom. The summed E-state index contributed by atoms with van der Waals surface area (Å²) in [6, 6.07) is 14.3. The van der Waals surface area contributed by atoms with Gasteiger partial charge in [-0.05, 0) is 29.5 Å². The second-order valence-corrected chi connectivity index (χ2v) is 7.45. The van der Waals surface area contributed by atoms with Crippen molar-refractivity contribution in [3.05, 3.63) is 66.0 Å². The number of benzene rings is 1. The summed E-state index contributed by atoms with van der Waals surface area (Å²) in [6.07, 6.45) is 4.76. The molecule has 1 amide bonds. The van der Waals surface area contributed by atoms with Crippen LogP contribution in [0.15, 0.2) is 54.9 Å². The first-order valence-electron chi connectivity index (χ1n) is 9.60. The van der Waals surface area contributed by atoms with Gasteiger partial charge in [-0.2, -0.15) is 0 Å². The minimum atomic E-state index is -0.0546. The van der Waals surface area contributed by atoms with E-state index in [9.17, 15) is 4.79 Å². The summed E-state index contributed by atoms with van der Waals surface area (Å²) < 4.78 is 0. The molecule has 4 nitrogen and oxygen atoms in total. The average molecular weight is 351 g/mol. The fraction of sp³-hybridized carbons (Fsp3) is 0.455. The lowest BCUT2D eigenvalue weighted by molar-refractivity contribution is -0.133. The molecule has 0 saturated carbocycles. The molecular formula is C22H29N3O. The molecular weight excluding hydrogens is 322 g/mol. The van der Waals surface area contributed by atoms with Crippen LogP contribution < -0.4 is 0 Å². The van der Waals surface area contributed by atoms with E-state index in [1.54, 1.807) is 0 Å². The Morgan fingerprint density at radius 3 is 2.54 bits per heavy atom. The van der Waals surface area contributed by atoms with Crippen LogP contribution in [-0.2, 0) is 11.3 Å². The van der Waals surface area contributed by atoms with Crippen LogP contribution in [0.4, 0.5) is 0 Å². The van der Waals surface area contributed by atoms with Crippen LogP contribution in [0.25, 0.3) is 0 Å². The normalized spacial score (nSPS) is 17.1. The molecule has 4 heteroatoms. The zero-order chi connectivity index (χ0) is 18.4. The van der Waals surface area contributed by atoms with Crippen molar-refractivity contribution in [1.29, 1.82) is 0 Å². The van der Waals surface area contributed by atoms with Crippen molar-refractivity contribution in [2.75, 3.05) is 26.2 Å². The molecule has 0 spiro atoms. The highest BCUT2D eigenvalue weighted by Crippen LogP contribution is 2.27. The molecule has 0 aliphatic carbocycles. The first-order chi connectivity index (χ1) is 12.6. The van der Waals surface area contributed by atoms with Crippen molar-refractivity contribution in [2.45, 2.75) is 32.7 Å². The summed E-state index contributed by atoms with van der Waals surface area (Å²) in [5.41, 5.74) is 2.36. The standard InChI is InChI=1S/C22H29N3O/c1-18(2)21(20-9-4-3-5-10-20)22(26)25-13-7-12-24(14-15-25)17-19-8-6-11-23-16-19/h3-6,8-11,16,18,21H,7,12-15,17H2,1-2H3/t21-/m0/s1. The Bertz CT molecular complexity index is 687. The van der Waals surface area contributed by atoms with Crippen molar-refractivity contribution in [1.82, 2.24) is 14.8 Å². The summed E-state index contributed by atoms with van der Waals surface area (Å²) in [5, 5.41) is 0. The molecule has 2 heterocycles. The van der Waals surface area contributed by atoms with E-state index in [0.29, 0.717) is 5.92 Å². The Labute approximate surface area is 156 Å². The van der Waals surface area contributed by atoms with Crippen molar-refractivity contribution < 1.29 is 4.79 Å². The number of hydrogen-bond donors (Lipinski definition) is 0. The summed E-state index contributed by atoms with van der Waals surface area (Å²) in [5.74, 6) is 0.509. The number of carbonyl (C=O) groups excluding carboxylic acids is 1. The van der Waals surface area contributed by atoms with Crippen LogP contribution in [-0.4, -0.2) is 46.9 Å². The Morgan fingerprint density at radius 2 is 1.85 bits per heavy atom. The van der Waals surface area contributed by atoms with Gasteiger partial charge in [0.2, 0.25) is 5.91 Å². The predicted molar refractivity (Wildman–Crippen MR) is 105 cm³/mol. The van der Waals surface area contributed by atoms with E-state index in [1.807, 2.05) is 36.7 Å². The highest BCUT2D eigenvalue weighted by molar-refractivity contribution is 5.84. The molecule has 1 aliphatic rings. The second kappa shape index (κ2) is 8.95. The van der Waals surface area contributed by atoms with Gasteiger partial charge >= 0.3 is 0 Å². The number of amides is 1. The van der Waals surface area contributed by atoms with E-state index in [1.165, 1.54) is 5.56 Å². The summed E-state index contributed by atoms with van der Waals surface area (Å²) in [6.45, 7) is 8.77. The van der Waals surface area contributed by atoms with E-state index < -0.39 is 0 Å².